The summed E-state index contributed by atoms with van der Waals surface area (Å²) in [6.45, 7) is 0.463. The number of phenolic OH excluding ortho intramolecular Hbond substituents is 1. The van der Waals surface area contributed by atoms with Crippen LogP contribution in [0.2, 0.25) is 0 Å². The first-order valence-electron chi connectivity index (χ1n) is 9.51. The molecule has 2 N–H and O–H groups in total. The first kappa shape index (κ1) is 19.2. The molecule has 0 atom stereocenters. The first-order valence-corrected chi connectivity index (χ1v) is 9.51. The highest BCUT2D eigenvalue weighted by Crippen LogP contribution is 2.25. The zero-order valence-corrected chi connectivity index (χ0v) is 16.2. The second-order valence-corrected chi connectivity index (χ2v) is 6.72. The topological polar surface area (TPSA) is 70.9 Å². The number of carbonyl (C=O) groups excluding carboxylic acids is 1. The van der Waals surface area contributed by atoms with E-state index in [4.69, 9.17) is 4.74 Å². The van der Waals surface area contributed by atoms with Gasteiger partial charge in [0.1, 0.15) is 18.1 Å². The van der Waals surface area contributed by atoms with Crippen molar-refractivity contribution in [1.82, 2.24) is 5.43 Å². The molecule has 0 unspecified atom stereocenters. The average Bonchev–Trinajstić information content (AvgIpc) is 2.80. The van der Waals surface area contributed by atoms with E-state index in [0.717, 1.165) is 16.3 Å². The standard InChI is InChI=1S/C25H20N2O3/c28-24-15-12-19-8-4-5-9-22(19)23(24)16-26-27-25(29)20-10-13-21(14-11-20)30-17-18-6-2-1-3-7-18/h1-16,28H,17H2,(H,27,29)/b26-16+. The smallest absolute Gasteiger partial charge is 0.271 e. The van der Waals surface area contributed by atoms with Crippen LogP contribution in [-0.2, 0) is 6.61 Å². The number of benzene rings is 4. The van der Waals surface area contributed by atoms with E-state index in [2.05, 4.69) is 10.5 Å². The Hall–Kier alpha value is -4.12. The molecule has 0 bridgehead atoms. The first-order chi connectivity index (χ1) is 14.7. The van der Waals surface area contributed by atoms with E-state index in [9.17, 15) is 9.90 Å². The monoisotopic (exact) mass is 396 g/mol. The predicted molar refractivity (Wildman–Crippen MR) is 118 cm³/mol. The summed E-state index contributed by atoms with van der Waals surface area (Å²) < 4.78 is 5.73. The number of rotatable bonds is 6. The summed E-state index contributed by atoms with van der Waals surface area (Å²) in [7, 11) is 0. The molecule has 0 aliphatic rings. The van der Waals surface area contributed by atoms with E-state index in [1.54, 1.807) is 30.3 Å². The lowest BCUT2D eigenvalue weighted by molar-refractivity contribution is 0.0955. The van der Waals surface area contributed by atoms with Crippen molar-refractivity contribution in [2.75, 3.05) is 0 Å². The Bertz CT molecular complexity index is 1190. The third-order valence-electron chi connectivity index (χ3n) is 4.67. The number of nitrogens with one attached hydrogen (secondary N) is 1. The average molecular weight is 396 g/mol. The fourth-order valence-corrected chi connectivity index (χ4v) is 3.08. The molecular weight excluding hydrogens is 376 g/mol. The highest BCUT2D eigenvalue weighted by atomic mass is 16.5. The van der Waals surface area contributed by atoms with E-state index >= 15 is 0 Å². The molecule has 4 aromatic carbocycles. The molecule has 0 aliphatic carbocycles. The second-order valence-electron chi connectivity index (χ2n) is 6.72. The molecule has 30 heavy (non-hydrogen) atoms. The van der Waals surface area contributed by atoms with E-state index < -0.39 is 0 Å². The quantitative estimate of drug-likeness (QED) is 0.360. The Morgan fingerprint density at radius 3 is 2.43 bits per heavy atom. The number of carbonyl (C=O) groups is 1. The van der Waals surface area contributed by atoms with Gasteiger partial charge < -0.3 is 9.84 Å². The van der Waals surface area contributed by atoms with Crippen molar-refractivity contribution in [1.29, 1.82) is 0 Å². The Morgan fingerprint density at radius 2 is 1.63 bits per heavy atom. The van der Waals surface area contributed by atoms with Gasteiger partial charge in [0.25, 0.3) is 5.91 Å². The van der Waals surface area contributed by atoms with Crippen LogP contribution in [0.1, 0.15) is 21.5 Å². The lowest BCUT2D eigenvalue weighted by Gasteiger charge is -2.07. The summed E-state index contributed by atoms with van der Waals surface area (Å²) in [5, 5.41) is 16.0. The number of ether oxygens (including phenoxy) is 1. The van der Waals surface area contributed by atoms with E-state index in [1.807, 2.05) is 60.7 Å². The van der Waals surface area contributed by atoms with Crippen LogP contribution in [0.25, 0.3) is 10.8 Å². The summed E-state index contributed by atoms with van der Waals surface area (Å²) in [4.78, 5) is 12.3. The van der Waals surface area contributed by atoms with Crippen LogP contribution < -0.4 is 10.2 Å². The SMILES string of the molecule is O=C(N/N=C/c1c(O)ccc2ccccc12)c1ccc(OCc2ccccc2)cc1. The van der Waals surface area contributed by atoms with Gasteiger partial charge in [0.2, 0.25) is 0 Å². The van der Waals surface area contributed by atoms with Gasteiger partial charge in [-0.2, -0.15) is 5.10 Å². The maximum absolute atomic E-state index is 12.3. The highest BCUT2D eigenvalue weighted by Gasteiger charge is 2.07. The minimum absolute atomic E-state index is 0.103. The third kappa shape index (κ3) is 4.47. The molecule has 0 spiro atoms. The van der Waals surface area contributed by atoms with Crippen LogP contribution in [0.3, 0.4) is 0 Å². The number of hydrazone groups is 1. The number of fused-ring (bicyclic) bond motifs is 1. The van der Waals surface area contributed by atoms with E-state index in [0.29, 0.717) is 23.5 Å². The van der Waals surface area contributed by atoms with E-state index in [-0.39, 0.29) is 11.7 Å². The predicted octanol–water partition coefficient (Wildman–Crippen LogP) is 4.89. The Labute approximate surface area is 174 Å². The van der Waals surface area contributed by atoms with Crippen LogP contribution in [0.15, 0.2) is 96.1 Å². The molecule has 0 saturated carbocycles. The van der Waals surface area contributed by atoms with Crippen LogP contribution in [0.4, 0.5) is 0 Å². The summed E-state index contributed by atoms with van der Waals surface area (Å²) in [5.74, 6) is 0.437. The normalized spacial score (nSPS) is 10.9. The molecule has 1 amide bonds. The summed E-state index contributed by atoms with van der Waals surface area (Å²) in [5.41, 5.74) is 4.58. The summed E-state index contributed by atoms with van der Waals surface area (Å²) >= 11 is 0. The number of amides is 1. The van der Waals surface area contributed by atoms with Crippen LogP contribution in [-0.4, -0.2) is 17.2 Å². The molecule has 5 heteroatoms. The Kier molecular flexibility index (Phi) is 5.71. The van der Waals surface area contributed by atoms with Crippen molar-refractivity contribution in [3.8, 4) is 11.5 Å². The van der Waals surface area contributed by atoms with Gasteiger partial charge in [-0.3, -0.25) is 4.79 Å². The minimum atomic E-state index is -0.347. The molecule has 0 aromatic heterocycles. The van der Waals surface area contributed by atoms with Gasteiger partial charge in [-0.25, -0.2) is 5.43 Å². The molecule has 4 aromatic rings. The van der Waals surface area contributed by atoms with Gasteiger partial charge in [0.15, 0.2) is 0 Å². The molecule has 0 saturated heterocycles. The van der Waals surface area contributed by atoms with Gasteiger partial charge >= 0.3 is 0 Å². The summed E-state index contributed by atoms with van der Waals surface area (Å²) in [6, 6.07) is 27.8. The maximum atomic E-state index is 12.3. The molecule has 4 rings (SSSR count). The maximum Gasteiger partial charge on any atom is 0.271 e. The fraction of sp³-hybridized carbons (Fsp3) is 0.0400. The number of hydrogen-bond donors (Lipinski definition) is 2. The van der Waals surface area contributed by atoms with Gasteiger partial charge in [-0.15, -0.1) is 0 Å². The minimum Gasteiger partial charge on any atom is -0.507 e. The fourth-order valence-electron chi connectivity index (χ4n) is 3.08. The Balaban J connectivity index is 1.39. The van der Waals surface area contributed by atoms with Crippen molar-refractivity contribution in [2.24, 2.45) is 5.10 Å². The van der Waals surface area contributed by atoms with Crippen molar-refractivity contribution in [3.05, 3.63) is 108 Å². The third-order valence-corrected chi connectivity index (χ3v) is 4.67. The largest absolute Gasteiger partial charge is 0.507 e. The molecule has 0 heterocycles. The van der Waals surface area contributed by atoms with Crippen molar-refractivity contribution in [2.45, 2.75) is 6.61 Å². The number of phenols is 1. The molecule has 148 valence electrons. The van der Waals surface area contributed by atoms with Gasteiger partial charge in [0, 0.05) is 11.1 Å². The summed E-state index contributed by atoms with van der Waals surface area (Å²) in [6.07, 6.45) is 1.45. The molecule has 0 fully saturated rings. The molecule has 5 nitrogen and oxygen atoms in total. The van der Waals surface area contributed by atoms with Crippen molar-refractivity contribution < 1.29 is 14.6 Å². The number of hydrogen-bond acceptors (Lipinski definition) is 4. The van der Waals surface area contributed by atoms with Crippen LogP contribution in [0.5, 0.6) is 11.5 Å². The number of aromatic hydroxyl groups is 1. The van der Waals surface area contributed by atoms with Crippen molar-refractivity contribution >= 4 is 22.9 Å². The lowest BCUT2D eigenvalue weighted by atomic mass is 10.0. The van der Waals surface area contributed by atoms with Gasteiger partial charge in [0.05, 0.1) is 6.21 Å². The molecule has 0 radical (unpaired) electrons. The zero-order chi connectivity index (χ0) is 20.8. The van der Waals surface area contributed by atoms with Crippen molar-refractivity contribution in [3.63, 3.8) is 0 Å². The highest BCUT2D eigenvalue weighted by molar-refractivity contribution is 6.03. The van der Waals surface area contributed by atoms with Gasteiger partial charge in [-0.05, 0) is 46.7 Å². The number of nitrogens with zero attached hydrogens (tertiary/aromatic N) is 1. The van der Waals surface area contributed by atoms with Crippen LogP contribution in [0, 0.1) is 0 Å². The second kappa shape index (κ2) is 8.92. The van der Waals surface area contributed by atoms with E-state index in [1.165, 1.54) is 6.21 Å². The van der Waals surface area contributed by atoms with Gasteiger partial charge in [-0.1, -0.05) is 60.7 Å². The Morgan fingerprint density at radius 1 is 0.900 bits per heavy atom. The molecule has 0 aliphatic heterocycles. The lowest BCUT2D eigenvalue weighted by Crippen LogP contribution is -2.17. The van der Waals surface area contributed by atoms with Crippen LogP contribution >= 0.6 is 0 Å². The molecular formula is C25H20N2O3. The zero-order valence-electron chi connectivity index (χ0n) is 16.2.